The predicted octanol–water partition coefficient (Wildman–Crippen LogP) is 2.50. The Balaban J connectivity index is 2.23. The number of aromatic nitrogens is 1. The van der Waals surface area contributed by atoms with Gasteiger partial charge in [-0.3, -0.25) is 4.79 Å². The van der Waals surface area contributed by atoms with Crippen LogP contribution in [0, 0.1) is 18.6 Å². The Labute approximate surface area is 108 Å². The zero-order chi connectivity index (χ0) is 14.0. The van der Waals surface area contributed by atoms with Crippen molar-refractivity contribution in [3.63, 3.8) is 0 Å². The Hall–Kier alpha value is -2.50. The molecule has 0 aliphatic rings. The van der Waals surface area contributed by atoms with E-state index in [-0.39, 0.29) is 5.56 Å². The van der Waals surface area contributed by atoms with Crippen molar-refractivity contribution in [1.29, 1.82) is 0 Å². The molecule has 0 aliphatic carbocycles. The average molecular weight is 263 g/mol. The van der Waals surface area contributed by atoms with Crippen LogP contribution in [-0.2, 0) is 0 Å². The molecule has 0 saturated heterocycles. The topological polar surface area (TPSA) is 68.0 Å². The number of nitrogens with two attached hydrogens (primary N) is 1. The maximum absolute atomic E-state index is 13.0. The Morgan fingerprint density at radius 3 is 2.63 bits per heavy atom. The zero-order valence-electron chi connectivity index (χ0n) is 10.1. The summed E-state index contributed by atoms with van der Waals surface area (Å²) in [5, 5.41) is 2.51. The third-order valence-electron chi connectivity index (χ3n) is 2.51. The Morgan fingerprint density at radius 1 is 1.26 bits per heavy atom. The molecular formula is C13H11F2N3O. The molecule has 19 heavy (non-hydrogen) atoms. The number of aryl methyl sites for hydroxylation is 1. The van der Waals surface area contributed by atoms with Crippen LogP contribution in [0.4, 0.5) is 20.3 Å². The fraction of sp³-hybridized carbons (Fsp3) is 0.0769. The fourth-order valence-electron chi connectivity index (χ4n) is 1.54. The summed E-state index contributed by atoms with van der Waals surface area (Å²) in [6.07, 6.45) is 1.40. The SMILES string of the molecule is Cc1cc(N)cnc1NC(=O)c1ccc(F)c(F)c1. The number of benzene rings is 1. The molecule has 0 bridgehead atoms. The van der Waals surface area contributed by atoms with Crippen molar-refractivity contribution in [2.75, 3.05) is 11.1 Å². The minimum atomic E-state index is -1.07. The van der Waals surface area contributed by atoms with E-state index >= 15 is 0 Å². The highest BCUT2D eigenvalue weighted by Crippen LogP contribution is 2.16. The number of nitrogen functional groups attached to an aromatic ring is 1. The second kappa shape index (κ2) is 5.01. The molecule has 0 unspecified atom stereocenters. The minimum Gasteiger partial charge on any atom is -0.397 e. The molecule has 6 heteroatoms. The molecule has 0 saturated carbocycles. The van der Waals surface area contributed by atoms with Crippen LogP contribution in [0.5, 0.6) is 0 Å². The number of hydrogen-bond acceptors (Lipinski definition) is 3. The van der Waals surface area contributed by atoms with E-state index in [0.29, 0.717) is 17.1 Å². The lowest BCUT2D eigenvalue weighted by atomic mass is 10.2. The van der Waals surface area contributed by atoms with E-state index in [4.69, 9.17) is 5.73 Å². The summed E-state index contributed by atoms with van der Waals surface area (Å²) < 4.78 is 25.8. The number of carbonyl (C=O) groups is 1. The van der Waals surface area contributed by atoms with Crippen molar-refractivity contribution in [2.24, 2.45) is 0 Å². The van der Waals surface area contributed by atoms with Crippen LogP contribution in [0.15, 0.2) is 30.5 Å². The minimum absolute atomic E-state index is 0.0110. The van der Waals surface area contributed by atoms with Crippen LogP contribution < -0.4 is 11.1 Å². The van der Waals surface area contributed by atoms with Crippen molar-refractivity contribution in [2.45, 2.75) is 6.92 Å². The molecule has 2 rings (SSSR count). The zero-order valence-corrected chi connectivity index (χ0v) is 10.1. The lowest BCUT2D eigenvalue weighted by Gasteiger charge is -2.08. The molecule has 4 nitrogen and oxygen atoms in total. The Kier molecular flexibility index (Phi) is 3.41. The molecule has 0 aliphatic heterocycles. The summed E-state index contributed by atoms with van der Waals surface area (Å²) in [4.78, 5) is 15.8. The number of nitrogens with one attached hydrogen (secondary N) is 1. The lowest BCUT2D eigenvalue weighted by Crippen LogP contribution is -2.14. The van der Waals surface area contributed by atoms with Gasteiger partial charge in [-0.25, -0.2) is 13.8 Å². The Morgan fingerprint density at radius 2 is 2.00 bits per heavy atom. The van der Waals surface area contributed by atoms with Gasteiger partial charge in [-0.15, -0.1) is 0 Å². The molecule has 1 heterocycles. The van der Waals surface area contributed by atoms with Gasteiger partial charge in [-0.05, 0) is 36.8 Å². The normalized spacial score (nSPS) is 10.3. The molecule has 1 aromatic heterocycles. The highest BCUT2D eigenvalue weighted by atomic mass is 19.2. The molecular weight excluding hydrogens is 252 g/mol. The van der Waals surface area contributed by atoms with E-state index in [9.17, 15) is 13.6 Å². The van der Waals surface area contributed by atoms with E-state index in [1.54, 1.807) is 13.0 Å². The first kappa shape index (κ1) is 12.9. The Bertz CT molecular complexity index is 644. The van der Waals surface area contributed by atoms with Gasteiger partial charge in [-0.1, -0.05) is 0 Å². The first-order chi connectivity index (χ1) is 8.97. The summed E-state index contributed by atoms with van der Waals surface area (Å²) in [6, 6.07) is 4.57. The molecule has 98 valence electrons. The van der Waals surface area contributed by atoms with Crippen molar-refractivity contribution in [3.8, 4) is 0 Å². The first-order valence-corrected chi connectivity index (χ1v) is 5.46. The van der Waals surface area contributed by atoms with Gasteiger partial charge in [-0.2, -0.15) is 0 Å². The van der Waals surface area contributed by atoms with Gasteiger partial charge >= 0.3 is 0 Å². The largest absolute Gasteiger partial charge is 0.397 e. The summed E-state index contributed by atoms with van der Waals surface area (Å²) in [5.41, 5.74) is 6.70. The van der Waals surface area contributed by atoms with Crippen LogP contribution in [0.25, 0.3) is 0 Å². The van der Waals surface area contributed by atoms with Gasteiger partial charge in [0, 0.05) is 5.56 Å². The van der Waals surface area contributed by atoms with E-state index in [0.717, 1.165) is 12.1 Å². The summed E-state index contributed by atoms with van der Waals surface area (Å²) in [6.45, 7) is 1.73. The highest BCUT2D eigenvalue weighted by Gasteiger charge is 2.11. The highest BCUT2D eigenvalue weighted by molar-refractivity contribution is 6.04. The molecule has 0 fully saturated rings. The van der Waals surface area contributed by atoms with Crippen LogP contribution >= 0.6 is 0 Å². The molecule has 0 atom stereocenters. The number of nitrogens with zero attached hydrogens (tertiary/aromatic N) is 1. The standard InChI is InChI=1S/C13H11F2N3O/c1-7-4-9(16)6-17-12(7)18-13(19)8-2-3-10(14)11(15)5-8/h2-6H,16H2,1H3,(H,17,18,19). The molecule has 3 N–H and O–H groups in total. The van der Waals surface area contributed by atoms with Crippen molar-refractivity contribution >= 4 is 17.4 Å². The third kappa shape index (κ3) is 2.85. The van der Waals surface area contributed by atoms with Gasteiger partial charge < -0.3 is 11.1 Å². The van der Waals surface area contributed by atoms with Crippen LogP contribution in [0.2, 0.25) is 0 Å². The van der Waals surface area contributed by atoms with Gasteiger partial charge in [0.25, 0.3) is 5.91 Å². The summed E-state index contributed by atoms with van der Waals surface area (Å²) >= 11 is 0. The van der Waals surface area contributed by atoms with E-state index in [2.05, 4.69) is 10.3 Å². The van der Waals surface area contributed by atoms with Gasteiger partial charge in [0.1, 0.15) is 5.82 Å². The number of carbonyl (C=O) groups excluding carboxylic acids is 1. The van der Waals surface area contributed by atoms with Crippen LogP contribution in [-0.4, -0.2) is 10.9 Å². The van der Waals surface area contributed by atoms with Crippen LogP contribution in [0.3, 0.4) is 0 Å². The molecule has 1 amide bonds. The first-order valence-electron chi connectivity index (χ1n) is 5.46. The van der Waals surface area contributed by atoms with Crippen molar-refractivity contribution in [1.82, 2.24) is 4.98 Å². The molecule has 1 aromatic carbocycles. The summed E-state index contributed by atoms with van der Waals surface area (Å²) in [5.74, 6) is -2.32. The third-order valence-corrected chi connectivity index (χ3v) is 2.51. The number of pyridine rings is 1. The summed E-state index contributed by atoms with van der Waals surface area (Å²) in [7, 11) is 0. The van der Waals surface area contributed by atoms with Gasteiger partial charge in [0.05, 0.1) is 11.9 Å². The van der Waals surface area contributed by atoms with E-state index in [1.165, 1.54) is 12.3 Å². The number of halogens is 2. The van der Waals surface area contributed by atoms with E-state index in [1.807, 2.05) is 0 Å². The number of amides is 1. The number of anilines is 2. The maximum Gasteiger partial charge on any atom is 0.256 e. The van der Waals surface area contributed by atoms with Gasteiger partial charge in [0.2, 0.25) is 0 Å². The van der Waals surface area contributed by atoms with Gasteiger partial charge in [0.15, 0.2) is 11.6 Å². The fourth-order valence-corrected chi connectivity index (χ4v) is 1.54. The second-order valence-corrected chi connectivity index (χ2v) is 4.02. The molecule has 2 aromatic rings. The lowest BCUT2D eigenvalue weighted by molar-refractivity contribution is 0.102. The molecule has 0 spiro atoms. The maximum atomic E-state index is 13.0. The van der Waals surface area contributed by atoms with E-state index < -0.39 is 17.5 Å². The quantitative estimate of drug-likeness (QED) is 0.874. The molecule has 0 radical (unpaired) electrons. The average Bonchev–Trinajstić information content (AvgIpc) is 2.36. The predicted molar refractivity (Wildman–Crippen MR) is 67.7 cm³/mol. The second-order valence-electron chi connectivity index (χ2n) is 4.02. The number of hydrogen-bond donors (Lipinski definition) is 2. The van der Waals surface area contributed by atoms with Crippen LogP contribution in [0.1, 0.15) is 15.9 Å². The van der Waals surface area contributed by atoms with Crippen molar-refractivity contribution < 1.29 is 13.6 Å². The van der Waals surface area contributed by atoms with Crippen molar-refractivity contribution in [3.05, 3.63) is 53.2 Å². The smallest absolute Gasteiger partial charge is 0.256 e. The monoisotopic (exact) mass is 263 g/mol. The number of rotatable bonds is 2.